The summed E-state index contributed by atoms with van der Waals surface area (Å²) in [7, 11) is -1.81. The highest BCUT2D eigenvalue weighted by Crippen LogP contribution is 2.14. The molecule has 6 nitrogen and oxygen atoms in total. The SMILES string of the molecule is CC1CCC(CNS(=O)(=O)c2ccnn2C)CN1. The molecule has 0 saturated carbocycles. The molecule has 0 spiro atoms. The van der Waals surface area contributed by atoms with Gasteiger partial charge in [0.1, 0.15) is 0 Å². The van der Waals surface area contributed by atoms with Gasteiger partial charge in [0.05, 0.1) is 6.20 Å². The van der Waals surface area contributed by atoms with Crippen LogP contribution in [0.25, 0.3) is 0 Å². The summed E-state index contributed by atoms with van der Waals surface area (Å²) in [6.07, 6.45) is 3.64. The van der Waals surface area contributed by atoms with Crippen molar-refractivity contribution in [1.29, 1.82) is 0 Å². The minimum absolute atomic E-state index is 0.208. The van der Waals surface area contributed by atoms with Gasteiger partial charge < -0.3 is 5.32 Å². The predicted octanol–water partition coefficient (Wildman–Crippen LogP) is 0.0865. The van der Waals surface area contributed by atoms with E-state index in [9.17, 15) is 8.42 Å². The van der Waals surface area contributed by atoms with Crippen molar-refractivity contribution in [2.75, 3.05) is 13.1 Å². The first-order valence-corrected chi connectivity index (χ1v) is 7.68. The monoisotopic (exact) mass is 272 g/mol. The first-order chi connectivity index (χ1) is 8.49. The molecule has 1 aromatic rings. The van der Waals surface area contributed by atoms with Crippen LogP contribution in [0.5, 0.6) is 0 Å². The minimum atomic E-state index is -3.44. The Morgan fingerprint density at radius 3 is 2.89 bits per heavy atom. The average molecular weight is 272 g/mol. The second kappa shape index (κ2) is 5.38. The first-order valence-electron chi connectivity index (χ1n) is 6.20. The van der Waals surface area contributed by atoms with Gasteiger partial charge in [0, 0.05) is 19.6 Å². The van der Waals surface area contributed by atoms with E-state index in [1.54, 1.807) is 7.05 Å². The number of hydrogen-bond acceptors (Lipinski definition) is 4. The van der Waals surface area contributed by atoms with Gasteiger partial charge >= 0.3 is 0 Å². The molecule has 0 aromatic carbocycles. The standard InChI is InChI=1S/C11H20N4O2S/c1-9-3-4-10(7-12-9)8-14-18(16,17)11-5-6-13-15(11)2/h5-6,9-10,12,14H,3-4,7-8H2,1-2H3. The zero-order valence-corrected chi connectivity index (χ0v) is 11.6. The summed E-state index contributed by atoms with van der Waals surface area (Å²) in [5.74, 6) is 0.365. The van der Waals surface area contributed by atoms with Crippen LogP contribution in [0.1, 0.15) is 19.8 Å². The van der Waals surface area contributed by atoms with Gasteiger partial charge in [-0.15, -0.1) is 0 Å². The molecule has 2 rings (SSSR count). The zero-order valence-electron chi connectivity index (χ0n) is 10.8. The number of nitrogens with zero attached hydrogens (tertiary/aromatic N) is 2. The van der Waals surface area contributed by atoms with Gasteiger partial charge in [0.25, 0.3) is 10.0 Å². The molecule has 2 atom stereocenters. The molecular formula is C11H20N4O2S. The summed E-state index contributed by atoms with van der Waals surface area (Å²) >= 11 is 0. The number of rotatable bonds is 4. The van der Waals surface area contributed by atoms with Crippen molar-refractivity contribution in [3.63, 3.8) is 0 Å². The van der Waals surface area contributed by atoms with Crippen LogP contribution in [0, 0.1) is 5.92 Å². The Morgan fingerprint density at radius 1 is 1.56 bits per heavy atom. The van der Waals surface area contributed by atoms with Crippen LogP contribution < -0.4 is 10.0 Å². The normalized spacial score (nSPS) is 25.2. The first kappa shape index (κ1) is 13.5. The number of piperidine rings is 1. The summed E-state index contributed by atoms with van der Waals surface area (Å²) in [6, 6.07) is 2.04. The molecule has 0 aliphatic carbocycles. The second-order valence-corrected chi connectivity index (χ2v) is 6.61. The summed E-state index contributed by atoms with van der Waals surface area (Å²) < 4.78 is 28.1. The van der Waals surface area contributed by atoms with E-state index in [4.69, 9.17) is 0 Å². The molecule has 7 heteroatoms. The molecule has 2 unspecified atom stereocenters. The molecule has 102 valence electrons. The van der Waals surface area contributed by atoms with Crippen molar-refractivity contribution >= 4 is 10.0 Å². The molecule has 1 aromatic heterocycles. The third-order valence-electron chi connectivity index (χ3n) is 3.38. The molecule has 0 radical (unpaired) electrons. The van der Waals surface area contributed by atoms with Crippen LogP contribution >= 0.6 is 0 Å². The molecule has 0 bridgehead atoms. The lowest BCUT2D eigenvalue weighted by molar-refractivity contribution is 0.323. The Labute approximate surface area is 108 Å². The van der Waals surface area contributed by atoms with Crippen LogP contribution in [0.3, 0.4) is 0 Å². The summed E-state index contributed by atoms with van der Waals surface area (Å²) in [5, 5.41) is 7.44. The Kier molecular flexibility index (Phi) is 4.04. The molecule has 2 heterocycles. The Hall–Kier alpha value is -0.920. The van der Waals surface area contributed by atoms with Crippen LogP contribution in [0.2, 0.25) is 0 Å². The average Bonchev–Trinajstić information content (AvgIpc) is 2.76. The van der Waals surface area contributed by atoms with Crippen LogP contribution in [-0.2, 0) is 17.1 Å². The fraction of sp³-hybridized carbons (Fsp3) is 0.727. The highest BCUT2D eigenvalue weighted by molar-refractivity contribution is 7.89. The molecule has 2 N–H and O–H groups in total. The van der Waals surface area contributed by atoms with Crippen molar-refractivity contribution in [3.8, 4) is 0 Å². The van der Waals surface area contributed by atoms with Crippen molar-refractivity contribution in [2.45, 2.75) is 30.8 Å². The van der Waals surface area contributed by atoms with E-state index in [0.29, 0.717) is 18.5 Å². The van der Waals surface area contributed by atoms with E-state index in [-0.39, 0.29) is 5.03 Å². The molecule has 0 amide bonds. The van der Waals surface area contributed by atoms with Crippen LogP contribution in [0.15, 0.2) is 17.3 Å². The van der Waals surface area contributed by atoms with Gasteiger partial charge in [-0.3, -0.25) is 4.68 Å². The van der Waals surface area contributed by atoms with Gasteiger partial charge in [-0.05, 0) is 38.3 Å². The van der Waals surface area contributed by atoms with E-state index in [0.717, 1.165) is 19.4 Å². The van der Waals surface area contributed by atoms with Crippen molar-refractivity contribution in [1.82, 2.24) is 19.8 Å². The van der Waals surface area contributed by atoms with Gasteiger partial charge in [-0.25, -0.2) is 13.1 Å². The fourth-order valence-corrected chi connectivity index (χ4v) is 3.40. The molecule has 1 fully saturated rings. The lowest BCUT2D eigenvalue weighted by Gasteiger charge is -2.27. The minimum Gasteiger partial charge on any atom is -0.314 e. The topological polar surface area (TPSA) is 76.0 Å². The van der Waals surface area contributed by atoms with Gasteiger partial charge in [-0.2, -0.15) is 5.10 Å². The molecule has 1 aliphatic rings. The highest BCUT2D eigenvalue weighted by atomic mass is 32.2. The maximum Gasteiger partial charge on any atom is 0.257 e. The number of sulfonamides is 1. The van der Waals surface area contributed by atoms with E-state index in [1.807, 2.05) is 0 Å². The van der Waals surface area contributed by atoms with Crippen LogP contribution in [0.4, 0.5) is 0 Å². The lowest BCUT2D eigenvalue weighted by Crippen LogP contribution is -2.42. The van der Waals surface area contributed by atoms with E-state index in [2.05, 4.69) is 22.1 Å². The number of aromatic nitrogens is 2. The highest BCUT2D eigenvalue weighted by Gasteiger charge is 2.22. The number of nitrogens with one attached hydrogen (secondary N) is 2. The quantitative estimate of drug-likeness (QED) is 0.814. The zero-order chi connectivity index (χ0) is 13.2. The number of aryl methyl sites for hydroxylation is 1. The van der Waals surface area contributed by atoms with Gasteiger partial charge in [0.15, 0.2) is 5.03 Å². The maximum atomic E-state index is 12.0. The maximum absolute atomic E-state index is 12.0. The Balaban J connectivity index is 1.92. The predicted molar refractivity (Wildman–Crippen MR) is 68.6 cm³/mol. The Morgan fingerprint density at radius 2 is 2.33 bits per heavy atom. The van der Waals surface area contributed by atoms with E-state index < -0.39 is 10.0 Å². The third kappa shape index (κ3) is 3.09. The summed E-state index contributed by atoms with van der Waals surface area (Å²) in [5.41, 5.74) is 0. The second-order valence-electron chi connectivity index (χ2n) is 4.90. The van der Waals surface area contributed by atoms with Crippen LogP contribution in [-0.4, -0.2) is 37.3 Å². The Bertz CT molecular complexity index is 489. The number of hydrogen-bond donors (Lipinski definition) is 2. The fourth-order valence-electron chi connectivity index (χ4n) is 2.16. The van der Waals surface area contributed by atoms with Crippen molar-refractivity contribution < 1.29 is 8.42 Å². The summed E-state index contributed by atoms with van der Waals surface area (Å²) in [6.45, 7) is 3.50. The van der Waals surface area contributed by atoms with E-state index >= 15 is 0 Å². The van der Waals surface area contributed by atoms with E-state index in [1.165, 1.54) is 16.9 Å². The van der Waals surface area contributed by atoms with Crippen molar-refractivity contribution in [2.24, 2.45) is 13.0 Å². The molecule has 18 heavy (non-hydrogen) atoms. The lowest BCUT2D eigenvalue weighted by atomic mass is 9.96. The largest absolute Gasteiger partial charge is 0.314 e. The van der Waals surface area contributed by atoms with Gasteiger partial charge in [-0.1, -0.05) is 0 Å². The smallest absolute Gasteiger partial charge is 0.257 e. The molecular weight excluding hydrogens is 252 g/mol. The van der Waals surface area contributed by atoms with Crippen molar-refractivity contribution in [3.05, 3.63) is 12.3 Å². The summed E-state index contributed by atoms with van der Waals surface area (Å²) in [4.78, 5) is 0. The third-order valence-corrected chi connectivity index (χ3v) is 4.87. The molecule has 1 saturated heterocycles. The molecule has 1 aliphatic heterocycles. The van der Waals surface area contributed by atoms with Gasteiger partial charge in [0.2, 0.25) is 0 Å².